The maximum Gasteiger partial charge on any atom is 0.417 e. The minimum Gasteiger partial charge on any atom is -0.481 e. The molecule has 1 amide bonds. The summed E-state index contributed by atoms with van der Waals surface area (Å²) in [6, 6.07) is 6.45. The molecular formula is C32H40F3N3O4. The number of aromatic nitrogens is 1. The molecule has 2 aromatic rings. The van der Waals surface area contributed by atoms with Gasteiger partial charge in [-0.1, -0.05) is 58.9 Å². The molecule has 3 aliphatic carbocycles. The third-order valence-electron chi connectivity index (χ3n) is 9.56. The van der Waals surface area contributed by atoms with E-state index < -0.39 is 52.6 Å². The number of methoxy groups -OCH3 is 1. The number of alkyl halides is 3. The predicted octanol–water partition coefficient (Wildman–Crippen LogP) is 6.19. The van der Waals surface area contributed by atoms with Crippen LogP contribution in [0, 0.1) is 22.7 Å². The molecule has 1 aromatic heterocycles. The molecule has 1 aliphatic heterocycles. The SMILES string of the molecule is COc1ncc(C(F)(F)F)cc1CN[C@H]1[C@H](C(C)(C)C)[C@@H](C(=O)O)N(C(=O)C23CC(C2)C3)[C@H]1c1ccccc1C(C)C. The second-order valence-electron chi connectivity index (χ2n) is 13.7. The van der Waals surface area contributed by atoms with Crippen molar-refractivity contribution in [1.82, 2.24) is 15.2 Å². The van der Waals surface area contributed by atoms with E-state index in [-0.39, 0.29) is 29.8 Å². The molecule has 6 rings (SSSR count). The maximum atomic E-state index is 14.4. The van der Waals surface area contributed by atoms with Crippen LogP contribution in [0.15, 0.2) is 36.5 Å². The molecule has 228 valence electrons. The monoisotopic (exact) mass is 587 g/mol. The van der Waals surface area contributed by atoms with Crippen LogP contribution in [0.25, 0.3) is 0 Å². The van der Waals surface area contributed by atoms with E-state index in [1.165, 1.54) is 7.11 Å². The number of amides is 1. The van der Waals surface area contributed by atoms with Gasteiger partial charge < -0.3 is 20.1 Å². The predicted molar refractivity (Wildman–Crippen MR) is 151 cm³/mol. The zero-order valence-electron chi connectivity index (χ0n) is 25.0. The van der Waals surface area contributed by atoms with Crippen LogP contribution in [-0.2, 0) is 22.3 Å². The molecule has 7 nitrogen and oxygen atoms in total. The van der Waals surface area contributed by atoms with Crippen molar-refractivity contribution < 1.29 is 32.6 Å². The standard InChI is InChI=1S/C32H40F3N3O4/c1-17(2)21-9-7-8-10-22(21)25-24(36-15-19-11-20(32(33,34)35)16-37-27(19)42-6)23(30(3,4)5)26(28(39)40)38(25)29(41)31-12-18(13-31)14-31/h7-11,16-18,23-26,36H,12-15H2,1-6H3,(H,39,40)/t18?,23-,24-,25-,26-,31?/m0/s1. The van der Waals surface area contributed by atoms with E-state index in [2.05, 4.69) is 24.1 Å². The number of carboxylic acids is 1. The summed E-state index contributed by atoms with van der Waals surface area (Å²) in [6.07, 6.45) is -1.52. The molecule has 2 bridgehead atoms. The van der Waals surface area contributed by atoms with Crippen LogP contribution in [0.3, 0.4) is 0 Å². The van der Waals surface area contributed by atoms with Crippen LogP contribution in [0.5, 0.6) is 5.88 Å². The fourth-order valence-electron chi connectivity index (χ4n) is 7.54. The molecular weight excluding hydrogens is 547 g/mol. The van der Waals surface area contributed by atoms with Gasteiger partial charge in [0.2, 0.25) is 11.8 Å². The van der Waals surface area contributed by atoms with Gasteiger partial charge in [-0.25, -0.2) is 9.78 Å². The highest BCUT2D eigenvalue weighted by Crippen LogP contribution is 2.66. The first-order chi connectivity index (χ1) is 19.6. The van der Waals surface area contributed by atoms with Crippen molar-refractivity contribution in [1.29, 1.82) is 0 Å². The molecule has 3 saturated carbocycles. The van der Waals surface area contributed by atoms with Crippen molar-refractivity contribution in [3.05, 3.63) is 58.8 Å². The Bertz CT molecular complexity index is 1350. The minimum absolute atomic E-state index is 0.0523. The molecule has 4 fully saturated rings. The first-order valence-corrected chi connectivity index (χ1v) is 14.6. The summed E-state index contributed by atoms with van der Waals surface area (Å²) in [6.45, 7) is 9.91. The van der Waals surface area contributed by atoms with Crippen LogP contribution in [0.2, 0.25) is 0 Å². The van der Waals surface area contributed by atoms with Gasteiger partial charge in [0.05, 0.1) is 24.1 Å². The summed E-state index contributed by atoms with van der Waals surface area (Å²) in [5.74, 6) is -1.09. The van der Waals surface area contributed by atoms with Gasteiger partial charge in [-0.3, -0.25) is 4.79 Å². The first kappa shape index (κ1) is 30.3. The fourth-order valence-corrected chi connectivity index (χ4v) is 7.54. The number of likely N-dealkylation sites (tertiary alicyclic amines) is 1. The number of aliphatic carboxylic acids is 1. The van der Waals surface area contributed by atoms with E-state index in [1.54, 1.807) is 4.90 Å². The van der Waals surface area contributed by atoms with Crippen LogP contribution in [0.4, 0.5) is 13.2 Å². The number of halogens is 3. The smallest absolute Gasteiger partial charge is 0.417 e. The largest absolute Gasteiger partial charge is 0.481 e. The van der Waals surface area contributed by atoms with Crippen molar-refractivity contribution in [3.63, 3.8) is 0 Å². The highest BCUT2D eigenvalue weighted by molar-refractivity contribution is 5.91. The molecule has 42 heavy (non-hydrogen) atoms. The maximum absolute atomic E-state index is 14.4. The first-order valence-electron chi connectivity index (χ1n) is 14.6. The van der Waals surface area contributed by atoms with Crippen molar-refractivity contribution in [3.8, 4) is 5.88 Å². The van der Waals surface area contributed by atoms with Crippen LogP contribution in [-0.4, -0.2) is 46.1 Å². The van der Waals surface area contributed by atoms with Crippen molar-refractivity contribution in [2.75, 3.05) is 7.11 Å². The number of carbonyl (C=O) groups excluding carboxylic acids is 1. The lowest BCUT2D eigenvalue weighted by Crippen LogP contribution is -2.63. The fraction of sp³-hybridized carbons (Fsp3) is 0.594. The molecule has 2 N–H and O–H groups in total. The molecule has 0 spiro atoms. The summed E-state index contributed by atoms with van der Waals surface area (Å²) >= 11 is 0. The Hall–Kier alpha value is -3.14. The van der Waals surface area contributed by atoms with Crippen LogP contribution in [0.1, 0.15) is 88.1 Å². The van der Waals surface area contributed by atoms with Gasteiger partial charge in [-0.15, -0.1) is 0 Å². The van der Waals surface area contributed by atoms with E-state index in [4.69, 9.17) is 4.74 Å². The number of nitrogens with one attached hydrogen (secondary N) is 1. The van der Waals surface area contributed by atoms with Gasteiger partial charge in [-0.05, 0) is 53.7 Å². The minimum atomic E-state index is -4.59. The quantitative estimate of drug-likeness (QED) is 0.383. The Balaban J connectivity index is 1.65. The van der Waals surface area contributed by atoms with Crippen molar-refractivity contribution in [2.45, 2.75) is 90.6 Å². The number of carboxylic acid groups (broad SMARTS) is 1. The average Bonchev–Trinajstić information content (AvgIpc) is 3.20. The number of carbonyl (C=O) groups is 2. The zero-order chi connectivity index (χ0) is 30.8. The summed E-state index contributed by atoms with van der Waals surface area (Å²) in [5, 5.41) is 14.2. The number of pyridine rings is 1. The van der Waals surface area contributed by atoms with Crippen molar-refractivity contribution >= 4 is 11.9 Å². The van der Waals surface area contributed by atoms with Gasteiger partial charge in [0.25, 0.3) is 0 Å². The van der Waals surface area contributed by atoms with Crippen LogP contribution < -0.4 is 10.1 Å². The third kappa shape index (κ3) is 5.05. The molecule has 4 atom stereocenters. The number of benzene rings is 1. The second kappa shape index (κ2) is 10.5. The van der Waals surface area contributed by atoms with E-state index in [9.17, 15) is 27.9 Å². The molecule has 1 aromatic carbocycles. The van der Waals surface area contributed by atoms with E-state index in [0.717, 1.165) is 42.7 Å². The average molecular weight is 588 g/mol. The van der Waals surface area contributed by atoms with E-state index in [1.807, 2.05) is 45.0 Å². The lowest BCUT2D eigenvalue weighted by molar-refractivity contribution is -0.183. The van der Waals surface area contributed by atoms with Gasteiger partial charge in [0.1, 0.15) is 6.04 Å². The Kier molecular flexibility index (Phi) is 7.61. The number of nitrogens with zero attached hydrogens (tertiary/aromatic N) is 2. The molecule has 2 heterocycles. The van der Waals surface area contributed by atoms with Crippen LogP contribution >= 0.6 is 0 Å². The number of hydrogen-bond donors (Lipinski definition) is 2. The van der Waals surface area contributed by atoms with Gasteiger partial charge in [0.15, 0.2) is 0 Å². The lowest BCUT2D eigenvalue weighted by Gasteiger charge is -2.61. The third-order valence-corrected chi connectivity index (χ3v) is 9.56. The summed E-state index contributed by atoms with van der Waals surface area (Å²) in [4.78, 5) is 33.0. The molecule has 0 unspecified atom stereocenters. The second-order valence-corrected chi connectivity index (χ2v) is 13.7. The summed E-state index contributed by atoms with van der Waals surface area (Å²) in [5.41, 5.74) is 0.0702. The van der Waals surface area contributed by atoms with E-state index >= 15 is 0 Å². The highest BCUT2D eigenvalue weighted by atomic mass is 19.4. The molecule has 1 saturated heterocycles. The molecule has 10 heteroatoms. The van der Waals surface area contributed by atoms with Gasteiger partial charge >= 0.3 is 12.1 Å². The highest BCUT2D eigenvalue weighted by Gasteiger charge is 2.67. The van der Waals surface area contributed by atoms with Crippen molar-refractivity contribution in [2.24, 2.45) is 22.7 Å². The lowest BCUT2D eigenvalue weighted by atomic mass is 9.44. The zero-order valence-corrected chi connectivity index (χ0v) is 25.0. The number of hydrogen-bond acceptors (Lipinski definition) is 5. The van der Waals surface area contributed by atoms with Gasteiger partial charge in [-0.2, -0.15) is 13.2 Å². The summed E-state index contributed by atoms with van der Waals surface area (Å²) < 4.78 is 46.1. The van der Waals surface area contributed by atoms with E-state index in [0.29, 0.717) is 5.92 Å². The Labute approximate surface area is 244 Å². The Morgan fingerprint density at radius 2 is 1.81 bits per heavy atom. The topological polar surface area (TPSA) is 91.8 Å². The normalized spacial score (nSPS) is 28.8. The molecule has 0 radical (unpaired) electrons. The van der Waals surface area contributed by atoms with Gasteiger partial charge in [0, 0.05) is 30.3 Å². The Morgan fingerprint density at radius 3 is 2.31 bits per heavy atom. The Morgan fingerprint density at radius 1 is 1.17 bits per heavy atom. The molecule has 4 aliphatic rings. The number of rotatable bonds is 8. The number of ether oxygens (including phenoxy) is 1. The summed E-state index contributed by atoms with van der Waals surface area (Å²) in [7, 11) is 1.35.